The maximum Gasteiger partial charge on any atom is 0.162 e. The van der Waals surface area contributed by atoms with E-state index < -0.39 is 0 Å². The SMILES string of the molecule is C[C@@H](Nc1cc(-c2nc(N3CCNCC3)c3c(C4CC4)cncc3n2)ccn1)c1ccccn1. The highest BCUT2D eigenvalue weighted by Crippen LogP contribution is 2.44. The number of piperazine rings is 1. The molecule has 0 amide bonds. The zero-order valence-electron chi connectivity index (χ0n) is 19.3. The third-order valence-electron chi connectivity index (χ3n) is 6.56. The summed E-state index contributed by atoms with van der Waals surface area (Å²) in [4.78, 5) is 26.0. The molecule has 0 bridgehead atoms. The first kappa shape index (κ1) is 20.9. The summed E-state index contributed by atoms with van der Waals surface area (Å²) in [7, 11) is 0. The Hall–Kier alpha value is -3.65. The molecule has 2 aliphatic rings. The predicted octanol–water partition coefficient (Wildman–Crippen LogP) is 3.94. The second-order valence-corrected chi connectivity index (χ2v) is 9.06. The van der Waals surface area contributed by atoms with Crippen molar-refractivity contribution in [3.8, 4) is 11.4 Å². The first-order chi connectivity index (χ1) is 16.8. The van der Waals surface area contributed by atoms with Crippen LogP contribution in [0.5, 0.6) is 0 Å². The fourth-order valence-corrected chi connectivity index (χ4v) is 4.60. The molecule has 172 valence electrons. The van der Waals surface area contributed by atoms with Gasteiger partial charge in [-0.05, 0) is 55.5 Å². The zero-order chi connectivity index (χ0) is 22.9. The third-order valence-corrected chi connectivity index (χ3v) is 6.56. The summed E-state index contributed by atoms with van der Waals surface area (Å²) in [5, 5.41) is 8.07. The Morgan fingerprint density at radius 1 is 1.03 bits per heavy atom. The van der Waals surface area contributed by atoms with Gasteiger partial charge in [-0.15, -0.1) is 0 Å². The Bertz CT molecular complexity index is 1300. The molecular weight excluding hydrogens is 424 g/mol. The van der Waals surface area contributed by atoms with Gasteiger partial charge >= 0.3 is 0 Å². The molecule has 8 nitrogen and oxygen atoms in total. The number of nitrogens with one attached hydrogen (secondary N) is 2. The van der Waals surface area contributed by atoms with Crippen LogP contribution in [0, 0.1) is 0 Å². The summed E-state index contributed by atoms with van der Waals surface area (Å²) in [6.07, 6.45) is 9.94. The van der Waals surface area contributed by atoms with Crippen molar-refractivity contribution in [2.75, 3.05) is 36.4 Å². The van der Waals surface area contributed by atoms with Crippen LogP contribution in [-0.4, -0.2) is 51.1 Å². The summed E-state index contributed by atoms with van der Waals surface area (Å²) in [6.45, 7) is 5.86. The van der Waals surface area contributed by atoms with Crippen LogP contribution in [0.1, 0.15) is 43.0 Å². The number of hydrogen-bond donors (Lipinski definition) is 2. The van der Waals surface area contributed by atoms with E-state index in [1.165, 1.54) is 23.8 Å². The number of aromatic nitrogens is 5. The summed E-state index contributed by atoms with van der Waals surface area (Å²) in [5.74, 6) is 3.08. The van der Waals surface area contributed by atoms with E-state index in [9.17, 15) is 0 Å². The molecule has 2 N–H and O–H groups in total. The number of pyridine rings is 3. The zero-order valence-corrected chi connectivity index (χ0v) is 19.3. The van der Waals surface area contributed by atoms with Gasteiger partial charge in [0, 0.05) is 55.7 Å². The lowest BCUT2D eigenvalue weighted by Crippen LogP contribution is -2.44. The van der Waals surface area contributed by atoms with Crippen molar-refractivity contribution in [2.24, 2.45) is 0 Å². The van der Waals surface area contributed by atoms with Crippen molar-refractivity contribution in [3.63, 3.8) is 0 Å². The van der Waals surface area contributed by atoms with Crippen LogP contribution in [0.2, 0.25) is 0 Å². The topological polar surface area (TPSA) is 91.8 Å². The Labute approximate surface area is 198 Å². The highest BCUT2D eigenvalue weighted by Gasteiger charge is 2.29. The molecule has 0 spiro atoms. The maximum absolute atomic E-state index is 5.14. The normalized spacial score (nSPS) is 17.0. The van der Waals surface area contributed by atoms with Crippen LogP contribution in [0.15, 0.2) is 55.1 Å². The largest absolute Gasteiger partial charge is 0.362 e. The molecular formula is C26H28N8. The van der Waals surface area contributed by atoms with E-state index in [0.717, 1.165) is 54.6 Å². The minimum absolute atomic E-state index is 0.0307. The number of rotatable bonds is 6. The second-order valence-electron chi connectivity index (χ2n) is 9.06. The molecule has 0 unspecified atom stereocenters. The van der Waals surface area contributed by atoms with E-state index in [1.54, 1.807) is 6.20 Å². The highest BCUT2D eigenvalue weighted by molar-refractivity contribution is 5.94. The molecule has 8 heteroatoms. The quantitative estimate of drug-likeness (QED) is 0.455. The Kier molecular flexibility index (Phi) is 5.50. The second kappa shape index (κ2) is 8.95. The summed E-state index contributed by atoms with van der Waals surface area (Å²) in [5.41, 5.74) is 4.10. The van der Waals surface area contributed by atoms with Crippen LogP contribution < -0.4 is 15.5 Å². The fourth-order valence-electron chi connectivity index (χ4n) is 4.60. The van der Waals surface area contributed by atoms with E-state index in [1.807, 2.05) is 48.9 Å². The van der Waals surface area contributed by atoms with Gasteiger partial charge in [0.1, 0.15) is 11.6 Å². The Morgan fingerprint density at radius 3 is 2.71 bits per heavy atom. The van der Waals surface area contributed by atoms with Crippen LogP contribution in [0.25, 0.3) is 22.3 Å². The van der Waals surface area contributed by atoms with Gasteiger partial charge < -0.3 is 15.5 Å². The average Bonchev–Trinajstić information content (AvgIpc) is 3.74. The van der Waals surface area contributed by atoms with Gasteiger partial charge in [-0.3, -0.25) is 9.97 Å². The first-order valence-electron chi connectivity index (χ1n) is 12.0. The molecule has 4 aromatic rings. The molecule has 0 aromatic carbocycles. The Balaban J connectivity index is 1.40. The molecule has 0 radical (unpaired) electrons. The van der Waals surface area contributed by atoms with Crippen molar-refractivity contribution in [3.05, 3.63) is 66.4 Å². The minimum Gasteiger partial charge on any atom is -0.362 e. The first-order valence-corrected chi connectivity index (χ1v) is 12.0. The lowest BCUT2D eigenvalue weighted by molar-refractivity contribution is 0.586. The van der Waals surface area contributed by atoms with E-state index in [-0.39, 0.29) is 6.04 Å². The molecule has 1 atom stereocenters. The van der Waals surface area contributed by atoms with Gasteiger partial charge in [-0.2, -0.15) is 0 Å². The lowest BCUT2D eigenvalue weighted by atomic mass is 10.1. The van der Waals surface area contributed by atoms with E-state index >= 15 is 0 Å². The van der Waals surface area contributed by atoms with Gasteiger partial charge in [0.05, 0.1) is 23.4 Å². The van der Waals surface area contributed by atoms with E-state index in [0.29, 0.717) is 11.7 Å². The maximum atomic E-state index is 5.14. The van der Waals surface area contributed by atoms with Gasteiger partial charge in [0.15, 0.2) is 5.82 Å². The van der Waals surface area contributed by atoms with E-state index in [2.05, 4.69) is 37.4 Å². The van der Waals surface area contributed by atoms with Crippen LogP contribution >= 0.6 is 0 Å². The molecule has 1 saturated heterocycles. The number of fused-ring (bicyclic) bond motifs is 1. The van der Waals surface area contributed by atoms with Crippen LogP contribution in [0.3, 0.4) is 0 Å². The Morgan fingerprint density at radius 2 is 1.91 bits per heavy atom. The molecule has 1 aliphatic carbocycles. The lowest BCUT2D eigenvalue weighted by Gasteiger charge is -2.30. The molecule has 2 fully saturated rings. The fraction of sp³-hybridized carbons (Fsp3) is 0.346. The molecule has 5 heterocycles. The van der Waals surface area contributed by atoms with Crippen molar-refractivity contribution in [2.45, 2.75) is 31.7 Å². The van der Waals surface area contributed by atoms with Gasteiger partial charge in [-0.25, -0.2) is 15.0 Å². The minimum atomic E-state index is 0.0307. The van der Waals surface area contributed by atoms with E-state index in [4.69, 9.17) is 9.97 Å². The monoisotopic (exact) mass is 452 g/mol. The van der Waals surface area contributed by atoms with Gasteiger partial charge in [0.25, 0.3) is 0 Å². The summed E-state index contributed by atoms with van der Waals surface area (Å²) >= 11 is 0. The average molecular weight is 453 g/mol. The van der Waals surface area contributed by atoms with Crippen molar-refractivity contribution in [1.82, 2.24) is 30.2 Å². The number of nitrogens with zero attached hydrogens (tertiary/aromatic N) is 6. The van der Waals surface area contributed by atoms with Crippen LogP contribution in [-0.2, 0) is 0 Å². The smallest absolute Gasteiger partial charge is 0.162 e. The number of anilines is 2. The van der Waals surface area contributed by atoms with Gasteiger partial charge in [0.2, 0.25) is 0 Å². The molecule has 4 aromatic heterocycles. The van der Waals surface area contributed by atoms with Gasteiger partial charge in [-0.1, -0.05) is 6.07 Å². The van der Waals surface area contributed by atoms with Crippen molar-refractivity contribution >= 4 is 22.5 Å². The van der Waals surface area contributed by atoms with Crippen LogP contribution in [0.4, 0.5) is 11.6 Å². The third kappa shape index (κ3) is 4.17. The molecule has 6 rings (SSSR count). The number of hydrogen-bond acceptors (Lipinski definition) is 8. The van der Waals surface area contributed by atoms with Crippen molar-refractivity contribution < 1.29 is 0 Å². The molecule has 1 aliphatic heterocycles. The van der Waals surface area contributed by atoms with Crippen molar-refractivity contribution in [1.29, 1.82) is 0 Å². The molecule has 34 heavy (non-hydrogen) atoms. The standard InChI is InChI=1S/C26H28N8/c1-17(21-4-2-3-8-29-21)31-23-14-19(7-9-30-23)25-32-22-16-28-15-20(18-5-6-18)24(22)26(33-25)34-12-10-27-11-13-34/h2-4,7-9,14-18,27H,5-6,10-13H2,1H3,(H,30,31)/t17-/m1/s1. The summed E-state index contributed by atoms with van der Waals surface area (Å²) < 4.78 is 0. The highest BCUT2D eigenvalue weighted by atomic mass is 15.2. The predicted molar refractivity (Wildman–Crippen MR) is 134 cm³/mol. The molecule has 1 saturated carbocycles. The summed E-state index contributed by atoms with van der Waals surface area (Å²) in [6, 6.07) is 9.94.